The molecule has 1 saturated heterocycles. The van der Waals surface area contributed by atoms with E-state index in [1.165, 1.54) is 16.4 Å². The van der Waals surface area contributed by atoms with Gasteiger partial charge in [0.25, 0.3) is 0 Å². The molecule has 4 aromatic rings. The summed E-state index contributed by atoms with van der Waals surface area (Å²) in [5.74, 6) is -1.80. The Balaban J connectivity index is 1.49. The van der Waals surface area contributed by atoms with Gasteiger partial charge in [0.1, 0.15) is 17.3 Å². The van der Waals surface area contributed by atoms with E-state index in [0.29, 0.717) is 23.6 Å². The zero-order valence-corrected chi connectivity index (χ0v) is 19.8. The van der Waals surface area contributed by atoms with E-state index >= 15 is 0 Å². The normalized spacial score (nSPS) is 16.6. The molecule has 1 aliphatic rings. The smallest absolute Gasteiger partial charge is 0.340 e. The maximum atomic E-state index is 14.9. The summed E-state index contributed by atoms with van der Waals surface area (Å²) >= 11 is 0. The van der Waals surface area contributed by atoms with Crippen LogP contribution < -0.4 is 4.90 Å². The number of benzene rings is 2. The van der Waals surface area contributed by atoms with E-state index < -0.39 is 34.5 Å². The monoisotopic (exact) mass is 501 g/mol. The second-order valence-corrected chi connectivity index (χ2v) is 9.25. The predicted molar refractivity (Wildman–Crippen MR) is 126 cm³/mol. The fraction of sp³-hybridized carbons (Fsp3) is 0.346. The van der Waals surface area contributed by atoms with Crippen LogP contribution in [-0.4, -0.2) is 32.8 Å². The molecular formula is C26H24F5N5. The Kier molecular flexibility index (Phi) is 6.13. The average Bonchev–Trinajstić information content (AvgIpc) is 3.18. The highest BCUT2D eigenvalue weighted by Crippen LogP contribution is 2.39. The minimum Gasteiger partial charge on any atom is -0.340 e. The van der Waals surface area contributed by atoms with Gasteiger partial charge in [0.05, 0.1) is 10.9 Å². The maximum absolute atomic E-state index is 14.9. The number of nitrogens with zero attached hydrogens (tertiary/aromatic N) is 5. The highest BCUT2D eigenvalue weighted by Gasteiger charge is 2.37. The van der Waals surface area contributed by atoms with E-state index in [1.54, 1.807) is 7.05 Å². The molecule has 0 N–H and O–H groups in total. The second-order valence-electron chi connectivity index (χ2n) is 9.25. The molecule has 0 bridgehead atoms. The van der Waals surface area contributed by atoms with Crippen LogP contribution in [0.1, 0.15) is 29.5 Å². The predicted octanol–water partition coefficient (Wildman–Crippen LogP) is 6.09. The molecule has 0 aliphatic carbocycles. The van der Waals surface area contributed by atoms with Crippen molar-refractivity contribution in [1.82, 2.24) is 19.7 Å². The van der Waals surface area contributed by atoms with Gasteiger partial charge >= 0.3 is 6.18 Å². The van der Waals surface area contributed by atoms with Crippen LogP contribution in [0.25, 0.3) is 22.3 Å². The van der Waals surface area contributed by atoms with Gasteiger partial charge < -0.3 is 4.90 Å². The lowest BCUT2D eigenvalue weighted by atomic mass is 9.91. The fourth-order valence-corrected chi connectivity index (χ4v) is 4.89. The third-order valence-corrected chi connectivity index (χ3v) is 6.72. The Morgan fingerprint density at radius 2 is 1.83 bits per heavy atom. The van der Waals surface area contributed by atoms with Crippen LogP contribution in [0.5, 0.6) is 0 Å². The molecule has 0 radical (unpaired) electrons. The van der Waals surface area contributed by atoms with Crippen LogP contribution in [0.4, 0.5) is 27.9 Å². The quantitative estimate of drug-likeness (QED) is 0.317. The van der Waals surface area contributed by atoms with Crippen molar-refractivity contribution in [2.75, 3.05) is 18.0 Å². The topological polar surface area (TPSA) is 46.8 Å². The molecule has 3 heterocycles. The first kappa shape index (κ1) is 24.1. The number of fused-ring (bicyclic) bond motifs is 1. The van der Waals surface area contributed by atoms with Crippen molar-refractivity contribution < 1.29 is 22.0 Å². The molecule has 5 nitrogen and oxygen atoms in total. The van der Waals surface area contributed by atoms with Crippen LogP contribution in [0.3, 0.4) is 0 Å². The van der Waals surface area contributed by atoms with Gasteiger partial charge in [-0.15, -0.1) is 0 Å². The molecule has 1 aliphatic heterocycles. The summed E-state index contributed by atoms with van der Waals surface area (Å²) in [6.07, 6.45) is -0.507. The van der Waals surface area contributed by atoms with Gasteiger partial charge in [-0.1, -0.05) is 30.3 Å². The Hall–Kier alpha value is -3.56. The Morgan fingerprint density at radius 3 is 2.56 bits per heavy atom. The Labute approximate surface area is 204 Å². The summed E-state index contributed by atoms with van der Waals surface area (Å²) in [6, 6.07) is 10.7. The van der Waals surface area contributed by atoms with Crippen molar-refractivity contribution >= 4 is 17.0 Å². The van der Waals surface area contributed by atoms with Crippen molar-refractivity contribution in [1.29, 1.82) is 0 Å². The maximum Gasteiger partial charge on any atom is 0.419 e. The van der Waals surface area contributed by atoms with E-state index in [0.717, 1.165) is 39.3 Å². The van der Waals surface area contributed by atoms with E-state index in [2.05, 4.69) is 32.1 Å². The van der Waals surface area contributed by atoms with Gasteiger partial charge in [0.2, 0.25) is 5.95 Å². The average molecular weight is 502 g/mol. The zero-order valence-electron chi connectivity index (χ0n) is 19.8. The molecule has 2 aromatic heterocycles. The van der Waals surface area contributed by atoms with E-state index in [4.69, 9.17) is 0 Å². The van der Waals surface area contributed by atoms with Crippen LogP contribution >= 0.6 is 0 Å². The zero-order chi connectivity index (χ0) is 25.6. The lowest BCUT2D eigenvalue weighted by molar-refractivity contribution is -0.140. The lowest BCUT2D eigenvalue weighted by Gasteiger charge is -2.32. The Bertz CT molecular complexity index is 1410. The van der Waals surface area contributed by atoms with Crippen molar-refractivity contribution in [3.05, 3.63) is 70.9 Å². The number of halogens is 5. The number of rotatable bonds is 4. The fourth-order valence-electron chi connectivity index (χ4n) is 4.89. The third-order valence-electron chi connectivity index (χ3n) is 6.72. The molecule has 0 spiro atoms. The number of aryl methyl sites for hydroxylation is 1. The summed E-state index contributed by atoms with van der Waals surface area (Å²) in [5, 5.41) is 4.53. The molecule has 5 rings (SSSR count). The largest absolute Gasteiger partial charge is 0.419 e. The summed E-state index contributed by atoms with van der Waals surface area (Å²) in [5.41, 5.74) is -1.13. The highest BCUT2D eigenvalue weighted by molar-refractivity contribution is 5.91. The summed E-state index contributed by atoms with van der Waals surface area (Å²) in [4.78, 5) is 11.2. The molecule has 36 heavy (non-hydrogen) atoms. The summed E-state index contributed by atoms with van der Waals surface area (Å²) in [7, 11) is 1.58. The van der Waals surface area contributed by atoms with Gasteiger partial charge in [-0.05, 0) is 43.7 Å². The second kappa shape index (κ2) is 9.15. The molecular weight excluding hydrogens is 477 g/mol. The number of alkyl halides is 3. The van der Waals surface area contributed by atoms with Gasteiger partial charge in [-0.25, -0.2) is 18.4 Å². The molecule has 1 atom stereocenters. The van der Waals surface area contributed by atoms with Gasteiger partial charge in [-0.3, -0.25) is 0 Å². The van der Waals surface area contributed by atoms with Crippen LogP contribution in [0.15, 0.2) is 42.6 Å². The standard InChI is InChI=1S/C26H24F5N5/c1-15-21(27)18(12-20(22(15)28)26(29,30)31)23-19-13-32-25(33-24(19)35(2)34-23)36-10-6-9-17(14-36)11-16-7-4-3-5-8-16/h3-5,7-8,12-13,17H,6,9-11,14H2,1-2H3. The van der Waals surface area contributed by atoms with Crippen molar-refractivity contribution in [3.63, 3.8) is 0 Å². The first-order chi connectivity index (χ1) is 17.1. The number of hydrogen-bond acceptors (Lipinski definition) is 4. The first-order valence-corrected chi connectivity index (χ1v) is 11.7. The number of anilines is 1. The molecule has 10 heteroatoms. The number of piperidine rings is 1. The summed E-state index contributed by atoms with van der Waals surface area (Å²) < 4.78 is 70.7. The van der Waals surface area contributed by atoms with E-state index in [1.807, 2.05) is 18.2 Å². The number of aromatic nitrogens is 4. The lowest BCUT2D eigenvalue weighted by Crippen LogP contribution is -2.37. The molecule has 2 aromatic carbocycles. The minimum absolute atomic E-state index is 0.0641. The van der Waals surface area contributed by atoms with Gasteiger partial charge in [0, 0.05) is 37.5 Å². The minimum atomic E-state index is -4.98. The van der Waals surface area contributed by atoms with Crippen molar-refractivity contribution in [3.8, 4) is 11.3 Å². The first-order valence-electron chi connectivity index (χ1n) is 11.7. The van der Waals surface area contributed by atoms with Crippen molar-refractivity contribution in [2.45, 2.75) is 32.4 Å². The van der Waals surface area contributed by atoms with Gasteiger partial charge in [0.15, 0.2) is 5.65 Å². The Morgan fingerprint density at radius 1 is 1.08 bits per heavy atom. The molecule has 188 valence electrons. The van der Waals surface area contributed by atoms with Crippen LogP contribution in [-0.2, 0) is 19.6 Å². The van der Waals surface area contributed by atoms with Gasteiger partial charge in [-0.2, -0.15) is 23.3 Å². The molecule has 1 unspecified atom stereocenters. The highest BCUT2D eigenvalue weighted by atomic mass is 19.4. The molecule has 0 amide bonds. The molecule has 0 saturated carbocycles. The SMILES string of the molecule is Cc1c(F)c(-c2nn(C)c3nc(N4CCCC(Cc5ccccc5)C4)ncc23)cc(C(F)(F)F)c1F. The number of hydrogen-bond donors (Lipinski definition) is 0. The molecule has 1 fully saturated rings. The van der Waals surface area contributed by atoms with Crippen LogP contribution in [0.2, 0.25) is 0 Å². The van der Waals surface area contributed by atoms with Crippen molar-refractivity contribution in [2.24, 2.45) is 13.0 Å². The van der Waals surface area contributed by atoms with E-state index in [-0.39, 0.29) is 11.1 Å². The summed E-state index contributed by atoms with van der Waals surface area (Å²) in [6.45, 7) is 2.53. The van der Waals surface area contributed by atoms with E-state index in [9.17, 15) is 22.0 Å². The third kappa shape index (κ3) is 4.40. The van der Waals surface area contributed by atoms with Crippen LogP contribution in [0, 0.1) is 24.5 Å².